The highest BCUT2D eigenvalue weighted by atomic mass is 15.2. The molecule has 3 nitrogen and oxygen atoms in total. The number of hydrogen-bond donors (Lipinski definition) is 2. The number of benzene rings is 2. The van der Waals surface area contributed by atoms with E-state index in [-0.39, 0.29) is 5.66 Å². The van der Waals surface area contributed by atoms with Crippen LogP contribution in [-0.4, -0.2) is 10.6 Å². The van der Waals surface area contributed by atoms with Crippen LogP contribution in [0.25, 0.3) is 10.9 Å². The van der Waals surface area contributed by atoms with Crippen molar-refractivity contribution in [3.8, 4) is 0 Å². The third-order valence-electron chi connectivity index (χ3n) is 3.33. The molecule has 3 heteroatoms. The Kier molecular flexibility index (Phi) is 3.48. The summed E-state index contributed by atoms with van der Waals surface area (Å²) in [6, 6.07) is 20.3. The first-order chi connectivity index (χ1) is 10.1. The molecule has 0 bridgehead atoms. The summed E-state index contributed by atoms with van der Waals surface area (Å²) in [6.07, 6.45) is 1.81. The van der Waals surface area contributed by atoms with Gasteiger partial charge in [0.15, 0.2) is 0 Å². The predicted octanol–water partition coefficient (Wildman–Crippen LogP) is 4.49. The number of rotatable bonds is 0. The molecule has 1 aliphatic heterocycles. The minimum atomic E-state index is 0.00366. The molecule has 1 aromatic heterocycles. The van der Waals surface area contributed by atoms with Crippen molar-refractivity contribution >= 4 is 22.3 Å². The molecule has 2 N–H and O–H groups in total. The molecule has 0 saturated heterocycles. The van der Waals surface area contributed by atoms with Crippen LogP contribution in [0.2, 0.25) is 0 Å². The average molecular weight is 277 g/mol. The Morgan fingerprint density at radius 3 is 2.00 bits per heavy atom. The van der Waals surface area contributed by atoms with Gasteiger partial charge in [-0.3, -0.25) is 4.98 Å². The van der Waals surface area contributed by atoms with Gasteiger partial charge in [-0.05, 0) is 38.1 Å². The van der Waals surface area contributed by atoms with Crippen molar-refractivity contribution in [1.29, 1.82) is 0 Å². The number of pyridine rings is 1. The van der Waals surface area contributed by atoms with E-state index in [9.17, 15) is 0 Å². The third kappa shape index (κ3) is 3.14. The van der Waals surface area contributed by atoms with E-state index in [4.69, 9.17) is 0 Å². The van der Waals surface area contributed by atoms with E-state index in [1.807, 2.05) is 42.6 Å². The van der Waals surface area contributed by atoms with Crippen LogP contribution in [0.15, 0.2) is 66.9 Å². The molecule has 3 aromatic rings. The molecular formula is C18H19N3. The number of para-hydroxylation sites is 3. The Bertz CT molecular complexity index is 658. The Morgan fingerprint density at radius 1 is 0.762 bits per heavy atom. The quantitative estimate of drug-likeness (QED) is 0.635. The van der Waals surface area contributed by atoms with Crippen LogP contribution in [0.3, 0.4) is 0 Å². The molecule has 0 unspecified atom stereocenters. The maximum Gasteiger partial charge on any atom is 0.102 e. The first-order valence-corrected chi connectivity index (χ1v) is 7.09. The van der Waals surface area contributed by atoms with Gasteiger partial charge >= 0.3 is 0 Å². The lowest BCUT2D eigenvalue weighted by atomic mass is 10.2. The smallest absolute Gasteiger partial charge is 0.102 e. The van der Waals surface area contributed by atoms with Gasteiger partial charge in [-0.1, -0.05) is 36.4 Å². The van der Waals surface area contributed by atoms with Gasteiger partial charge in [-0.2, -0.15) is 0 Å². The van der Waals surface area contributed by atoms with E-state index in [1.165, 1.54) is 16.8 Å². The van der Waals surface area contributed by atoms with Crippen LogP contribution in [-0.2, 0) is 0 Å². The first kappa shape index (κ1) is 13.4. The summed E-state index contributed by atoms with van der Waals surface area (Å²) in [4.78, 5) is 4.18. The molecule has 0 radical (unpaired) electrons. The Morgan fingerprint density at radius 2 is 1.33 bits per heavy atom. The molecular weight excluding hydrogens is 258 g/mol. The van der Waals surface area contributed by atoms with E-state index in [0.29, 0.717) is 0 Å². The summed E-state index contributed by atoms with van der Waals surface area (Å²) in [5, 5.41) is 7.92. The van der Waals surface area contributed by atoms with Gasteiger partial charge in [0.05, 0.1) is 16.9 Å². The normalized spacial score (nSPS) is 14.4. The summed E-state index contributed by atoms with van der Waals surface area (Å²) in [6.45, 7) is 4.24. The molecule has 2 heterocycles. The van der Waals surface area contributed by atoms with Crippen molar-refractivity contribution in [2.24, 2.45) is 0 Å². The van der Waals surface area contributed by atoms with E-state index in [2.05, 4.69) is 53.7 Å². The highest BCUT2D eigenvalue weighted by Gasteiger charge is 2.24. The zero-order valence-electron chi connectivity index (χ0n) is 12.3. The number of hydrogen-bond acceptors (Lipinski definition) is 3. The largest absolute Gasteiger partial charge is 0.362 e. The van der Waals surface area contributed by atoms with Crippen molar-refractivity contribution in [3.05, 3.63) is 66.9 Å². The van der Waals surface area contributed by atoms with Gasteiger partial charge in [-0.15, -0.1) is 0 Å². The average Bonchev–Trinajstić information content (AvgIpc) is 2.82. The lowest BCUT2D eigenvalue weighted by Gasteiger charge is -2.19. The van der Waals surface area contributed by atoms with Crippen LogP contribution in [0.5, 0.6) is 0 Å². The van der Waals surface area contributed by atoms with Crippen LogP contribution in [0.4, 0.5) is 11.4 Å². The zero-order chi connectivity index (χ0) is 14.7. The lowest BCUT2D eigenvalue weighted by Crippen LogP contribution is -2.33. The fourth-order valence-corrected chi connectivity index (χ4v) is 2.42. The molecule has 106 valence electrons. The molecule has 0 atom stereocenters. The van der Waals surface area contributed by atoms with E-state index >= 15 is 0 Å². The Balaban J connectivity index is 0.000000126. The molecule has 4 rings (SSSR count). The molecule has 21 heavy (non-hydrogen) atoms. The summed E-state index contributed by atoms with van der Waals surface area (Å²) in [5.74, 6) is 0. The van der Waals surface area contributed by atoms with Gasteiger partial charge in [0.25, 0.3) is 0 Å². The van der Waals surface area contributed by atoms with Gasteiger partial charge in [0.1, 0.15) is 5.66 Å². The fraction of sp³-hybridized carbons (Fsp3) is 0.167. The second-order valence-electron chi connectivity index (χ2n) is 5.62. The van der Waals surface area contributed by atoms with Crippen molar-refractivity contribution in [1.82, 2.24) is 4.98 Å². The number of nitrogens with one attached hydrogen (secondary N) is 2. The number of aromatic nitrogens is 1. The van der Waals surface area contributed by atoms with Crippen LogP contribution in [0, 0.1) is 0 Å². The fourth-order valence-electron chi connectivity index (χ4n) is 2.42. The van der Waals surface area contributed by atoms with Crippen molar-refractivity contribution in [3.63, 3.8) is 0 Å². The van der Waals surface area contributed by atoms with Gasteiger partial charge in [0, 0.05) is 11.6 Å². The van der Waals surface area contributed by atoms with Crippen molar-refractivity contribution in [2.75, 3.05) is 10.6 Å². The highest BCUT2D eigenvalue weighted by Crippen LogP contribution is 2.32. The molecule has 0 spiro atoms. The third-order valence-corrected chi connectivity index (χ3v) is 3.33. The molecule has 0 amide bonds. The van der Waals surface area contributed by atoms with E-state index < -0.39 is 0 Å². The first-order valence-electron chi connectivity index (χ1n) is 7.09. The van der Waals surface area contributed by atoms with Crippen molar-refractivity contribution < 1.29 is 0 Å². The second kappa shape index (κ2) is 5.44. The van der Waals surface area contributed by atoms with Crippen LogP contribution >= 0.6 is 0 Å². The predicted molar refractivity (Wildman–Crippen MR) is 89.5 cm³/mol. The lowest BCUT2D eigenvalue weighted by molar-refractivity contribution is 0.675. The summed E-state index contributed by atoms with van der Waals surface area (Å²) in [5.41, 5.74) is 3.45. The Hall–Kier alpha value is -2.55. The number of anilines is 2. The van der Waals surface area contributed by atoms with Crippen LogP contribution in [0.1, 0.15) is 13.8 Å². The Labute approximate surface area is 125 Å². The van der Waals surface area contributed by atoms with Gasteiger partial charge in [0.2, 0.25) is 0 Å². The molecule has 2 aromatic carbocycles. The maximum absolute atomic E-state index is 4.18. The second-order valence-corrected chi connectivity index (χ2v) is 5.62. The summed E-state index contributed by atoms with van der Waals surface area (Å²) in [7, 11) is 0. The number of fused-ring (bicyclic) bond motifs is 2. The monoisotopic (exact) mass is 277 g/mol. The molecule has 0 aliphatic carbocycles. The molecule has 1 aliphatic rings. The number of nitrogens with zero attached hydrogens (tertiary/aromatic N) is 1. The summed E-state index contributed by atoms with van der Waals surface area (Å²) < 4.78 is 0. The van der Waals surface area contributed by atoms with Gasteiger partial charge in [-0.25, -0.2) is 0 Å². The van der Waals surface area contributed by atoms with E-state index in [0.717, 1.165) is 5.52 Å². The van der Waals surface area contributed by atoms with Crippen LogP contribution < -0.4 is 10.6 Å². The zero-order valence-corrected chi connectivity index (χ0v) is 12.3. The van der Waals surface area contributed by atoms with Crippen molar-refractivity contribution in [2.45, 2.75) is 19.5 Å². The molecule has 0 fully saturated rings. The standard InChI is InChI=1S/C9H12N2.C9H7N/c1-9(2)10-7-5-3-4-6-8(7)11-9;1-2-6-9-8(4-1)5-3-7-10-9/h3-6,10-11H,1-2H3;1-7H. The minimum Gasteiger partial charge on any atom is -0.362 e. The minimum absolute atomic E-state index is 0.00366. The SMILES string of the molecule is CC1(C)Nc2ccccc2N1.c1ccc2ncccc2c1. The highest BCUT2D eigenvalue weighted by molar-refractivity contribution is 5.77. The summed E-state index contributed by atoms with van der Waals surface area (Å²) >= 11 is 0. The van der Waals surface area contributed by atoms with Gasteiger partial charge < -0.3 is 10.6 Å². The molecule has 0 saturated carbocycles. The van der Waals surface area contributed by atoms with E-state index in [1.54, 1.807) is 0 Å². The topological polar surface area (TPSA) is 37.0 Å². The maximum atomic E-state index is 4.18.